The average Bonchev–Trinajstić information content (AvgIpc) is 3.07. The zero-order valence-corrected chi connectivity index (χ0v) is 16.0. The van der Waals surface area contributed by atoms with E-state index in [9.17, 15) is 5.11 Å². The van der Waals surface area contributed by atoms with E-state index >= 15 is 0 Å². The molecule has 0 radical (unpaired) electrons. The summed E-state index contributed by atoms with van der Waals surface area (Å²) in [6, 6.07) is 12.7. The van der Waals surface area contributed by atoms with Gasteiger partial charge in [0.2, 0.25) is 0 Å². The van der Waals surface area contributed by atoms with Crippen LogP contribution in [0.3, 0.4) is 0 Å². The highest BCUT2D eigenvalue weighted by Gasteiger charge is 2.45. The summed E-state index contributed by atoms with van der Waals surface area (Å²) in [4.78, 5) is 3.71. The van der Waals surface area contributed by atoms with E-state index in [1.54, 1.807) is 0 Å². The molecular weight excluding hydrogens is 338 g/mol. The van der Waals surface area contributed by atoms with E-state index in [-0.39, 0.29) is 11.5 Å². The van der Waals surface area contributed by atoms with Gasteiger partial charge >= 0.3 is 0 Å². The lowest BCUT2D eigenvalue weighted by molar-refractivity contribution is 0.0395. The van der Waals surface area contributed by atoms with Gasteiger partial charge in [-0.05, 0) is 74.8 Å². The first-order valence-electron chi connectivity index (χ1n) is 8.61. The molecule has 1 aromatic heterocycles. The third-order valence-electron chi connectivity index (χ3n) is 5.29. The van der Waals surface area contributed by atoms with Gasteiger partial charge in [-0.1, -0.05) is 29.8 Å². The van der Waals surface area contributed by atoms with E-state index in [1.807, 2.05) is 23.5 Å². The Morgan fingerprint density at radius 2 is 2.00 bits per heavy atom. The highest BCUT2D eigenvalue weighted by Crippen LogP contribution is 2.48. The molecular formula is C20H26ClNOS. The normalized spacial score (nSPS) is 27.5. The van der Waals surface area contributed by atoms with E-state index in [0.29, 0.717) is 5.92 Å². The molecule has 0 saturated heterocycles. The van der Waals surface area contributed by atoms with Crippen LogP contribution in [-0.4, -0.2) is 36.8 Å². The quantitative estimate of drug-likeness (QED) is 0.838. The standard InChI is InChI=1S/C20H26ClNOS/c1-22(2)14-16-12-18(23)9-10-20(16,19-4-3-11-24-19)13-15-5-7-17(21)8-6-15/h3-8,11,16,18,23H,9-10,12-14H2,1-2H3. The molecule has 1 aliphatic rings. The van der Waals surface area contributed by atoms with Crippen molar-refractivity contribution >= 4 is 22.9 Å². The van der Waals surface area contributed by atoms with Crippen molar-refractivity contribution in [2.75, 3.05) is 20.6 Å². The number of thiophene rings is 1. The molecule has 0 spiro atoms. The molecule has 1 saturated carbocycles. The van der Waals surface area contributed by atoms with Crippen LogP contribution in [0.15, 0.2) is 41.8 Å². The Balaban J connectivity index is 1.98. The summed E-state index contributed by atoms with van der Waals surface area (Å²) in [6.07, 6.45) is 3.64. The molecule has 1 aliphatic carbocycles. The Labute approximate surface area is 154 Å². The van der Waals surface area contributed by atoms with Crippen LogP contribution in [0.4, 0.5) is 0 Å². The molecule has 0 aliphatic heterocycles. The van der Waals surface area contributed by atoms with E-state index in [0.717, 1.165) is 37.3 Å². The molecule has 0 amide bonds. The Bertz CT molecular complexity index is 638. The van der Waals surface area contributed by atoms with Crippen molar-refractivity contribution in [1.29, 1.82) is 0 Å². The van der Waals surface area contributed by atoms with Crippen molar-refractivity contribution in [2.24, 2.45) is 5.92 Å². The highest BCUT2D eigenvalue weighted by atomic mass is 35.5. The number of nitrogens with zero attached hydrogens (tertiary/aromatic N) is 1. The SMILES string of the molecule is CN(C)CC1CC(O)CCC1(Cc1ccc(Cl)cc1)c1cccs1. The topological polar surface area (TPSA) is 23.5 Å². The molecule has 1 N–H and O–H groups in total. The van der Waals surface area contributed by atoms with Crippen LogP contribution < -0.4 is 0 Å². The van der Waals surface area contributed by atoms with Crippen molar-refractivity contribution < 1.29 is 5.11 Å². The monoisotopic (exact) mass is 363 g/mol. The van der Waals surface area contributed by atoms with Gasteiger partial charge in [-0.2, -0.15) is 0 Å². The van der Waals surface area contributed by atoms with Crippen molar-refractivity contribution in [3.63, 3.8) is 0 Å². The van der Waals surface area contributed by atoms with Gasteiger partial charge in [0.15, 0.2) is 0 Å². The first kappa shape index (κ1) is 17.9. The molecule has 4 heteroatoms. The van der Waals surface area contributed by atoms with Gasteiger partial charge in [0, 0.05) is 21.9 Å². The van der Waals surface area contributed by atoms with E-state index in [4.69, 9.17) is 11.6 Å². The third kappa shape index (κ3) is 3.85. The Kier molecular flexibility index (Phi) is 5.66. The molecule has 130 valence electrons. The van der Waals surface area contributed by atoms with E-state index < -0.39 is 0 Å². The van der Waals surface area contributed by atoms with Gasteiger partial charge in [0.1, 0.15) is 0 Å². The van der Waals surface area contributed by atoms with Crippen LogP contribution in [0.25, 0.3) is 0 Å². The van der Waals surface area contributed by atoms with Crippen LogP contribution in [0.5, 0.6) is 0 Å². The van der Waals surface area contributed by atoms with Gasteiger partial charge in [0.25, 0.3) is 0 Å². The zero-order valence-electron chi connectivity index (χ0n) is 14.4. The predicted octanol–water partition coefficient (Wildman–Crippen LogP) is 4.60. The van der Waals surface area contributed by atoms with Crippen LogP contribution >= 0.6 is 22.9 Å². The van der Waals surface area contributed by atoms with Crippen molar-refractivity contribution in [2.45, 2.75) is 37.2 Å². The summed E-state index contributed by atoms with van der Waals surface area (Å²) >= 11 is 7.92. The minimum absolute atomic E-state index is 0.103. The van der Waals surface area contributed by atoms with Crippen LogP contribution in [0, 0.1) is 5.92 Å². The second-order valence-corrected chi connectivity index (χ2v) is 8.71. The number of benzene rings is 1. The zero-order chi connectivity index (χ0) is 17.2. The summed E-state index contributed by atoms with van der Waals surface area (Å²) in [7, 11) is 4.25. The molecule has 1 aromatic carbocycles. The molecule has 1 fully saturated rings. The molecule has 2 nitrogen and oxygen atoms in total. The van der Waals surface area contributed by atoms with Crippen LogP contribution in [-0.2, 0) is 11.8 Å². The summed E-state index contributed by atoms with van der Waals surface area (Å²) in [5.41, 5.74) is 1.43. The maximum absolute atomic E-state index is 10.3. The Morgan fingerprint density at radius 1 is 1.25 bits per heavy atom. The van der Waals surface area contributed by atoms with Gasteiger partial charge in [-0.15, -0.1) is 11.3 Å². The molecule has 3 rings (SSSR count). The summed E-state index contributed by atoms with van der Waals surface area (Å²) < 4.78 is 0. The molecule has 3 unspecified atom stereocenters. The number of hydrogen-bond acceptors (Lipinski definition) is 3. The second-order valence-electron chi connectivity index (χ2n) is 7.32. The lowest BCUT2D eigenvalue weighted by Crippen LogP contribution is -2.47. The first-order valence-corrected chi connectivity index (χ1v) is 9.86. The Hall–Kier alpha value is -0.870. The van der Waals surface area contributed by atoms with E-state index in [1.165, 1.54) is 10.4 Å². The molecule has 2 aromatic rings. The van der Waals surface area contributed by atoms with Crippen molar-refractivity contribution in [3.8, 4) is 0 Å². The van der Waals surface area contributed by atoms with Gasteiger partial charge < -0.3 is 10.0 Å². The van der Waals surface area contributed by atoms with Crippen molar-refractivity contribution in [1.82, 2.24) is 4.90 Å². The van der Waals surface area contributed by atoms with Gasteiger partial charge in [0.05, 0.1) is 6.10 Å². The maximum atomic E-state index is 10.3. The van der Waals surface area contributed by atoms with Gasteiger partial charge in [-0.3, -0.25) is 0 Å². The summed E-state index contributed by atoms with van der Waals surface area (Å²) in [5.74, 6) is 0.450. The summed E-state index contributed by atoms with van der Waals surface area (Å²) in [5, 5.41) is 13.3. The summed E-state index contributed by atoms with van der Waals surface area (Å²) in [6.45, 7) is 1.00. The fourth-order valence-corrected chi connectivity index (χ4v) is 5.33. The lowest BCUT2D eigenvalue weighted by atomic mass is 9.61. The fraction of sp³-hybridized carbons (Fsp3) is 0.500. The highest BCUT2D eigenvalue weighted by molar-refractivity contribution is 7.10. The average molecular weight is 364 g/mol. The van der Waals surface area contributed by atoms with E-state index in [2.05, 4.69) is 48.6 Å². The molecule has 1 heterocycles. The minimum atomic E-state index is -0.173. The smallest absolute Gasteiger partial charge is 0.0544 e. The molecule has 24 heavy (non-hydrogen) atoms. The van der Waals surface area contributed by atoms with Crippen molar-refractivity contribution in [3.05, 3.63) is 57.2 Å². The lowest BCUT2D eigenvalue weighted by Gasteiger charge is -2.46. The van der Waals surface area contributed by atoms with Crippen LogP contribution in [0.2, 0.25) is 5.02 Å². The minimum Gasteiger partial charge on any atom is -0.393 e. The number of aliphatic hydroxyl groups excluding tert-OH is 1. The number of hydrogen-bond donors (Lipinski definition) is 1. The molecule has 0 bridgehead atoms. The number of aliphatic hydroxyl groups is 1. The number of rotatable bonds is 5. The largest absolute Gasteiger partial charge is 0.393 e. The fourth-order valence-electron chi connectivity index (χ4n) is 4.16. The Morgan fingerprint density at radius 3 is 2.62 bits per heavy atom. The molecule has 3 atom stereocenters. The first-order chi connectivity index (χ1) is 11.5. The van der Waals surface area contributed by atoms with Gasteiger partial charge in [-0.25, -0.2) is 0 Å². The third-order valence-corrected chi connectivity index (χ3v) is 6.63. The second kappa shape index (κ2) is 7.57. The number of halogens is 1. The predicted molar refractivity (Wildman–Crippen MR) is 103 cm³/mol. The maximum Gasteiger partial charge on any atom is 0.0544 e. The van der Waals surface area contributed by atoms with Crippen LogP contribution in [0.1, 0.15) is 29.7 Å².